The summed E-state index contributed by atoms with van der Waals surface area (Å²) in [5.41, 5.74) is -0.732. The van der Waals surface area contributed by atoms with Gasteiger partial charge in [0.1, 0.15) is 5.82 Å². The number of carbonyl (C=O) groups excluding carboxylic acids is 1. The first kappa shape index (κ1) is 15.5. The van der Waals surface area contributed by atoms with Gasteiger partial charge in [0.15, 0.2) is 0 Å². The third-order valence-electron chi connectivity index (χ3n) is 2.68. The second kappa shape index (κ2) is 6.06. The fourth-order valence-electron chi connectivity index (χ4n) is 1.28. The van der Waals surface area contributed by atoms with Crippen LogP contribution in [0.4, 0.5) is 4.39 Å². The van der Waals surface area contributed by atoms with Crippen LogP contribution in [0.5, 0.6) is 0 Å². The Morgan fingerprint density at radius 1 is 1.42 bits per heavy atom. The maximum Gasteiger partial charge on any atom is 0.310 e. The first-order valence-corrected chi connectivity index (χ1v) is 6.85. The van der Waals surface area contributed by atoms with Crippen molar-refractivity contribution in [2.24, 2.45) is 5.41 Å². The molecule has 0 radical (unpaired) electrons. The van der Waals surface area contributed by atoms with E-state index in [0.29, 0.717) is 10.5 Å². The maximum absolute atomic E-state index is 13.3. The van der Waals surface area contributed by atoms with Crippen molar-refractivity contribution < 1.29 is 19.1 Å². The van der Waals surface area contributed by atoms with E-state index in [4.69, 9.17) is 5.11 Å². The molecule has 1 aromatic rings. The number of rotatable bonds is 5. The van der Waals surface area contributed by atoms with Gasteiger partial charge in [-0.05, 0) is 38.3 Å². The van der Waals surface area contributed by atoms with Crippen LogP contribution in [0.25, 0.3) is 0 Å². The van der Waals surface area contributed by atoms with Gasteiger partial charge in [-0.1, -0.05) is 0 Å². The lowest BCUT2D eigenvalue weighted by molar-refractivity contribution is -0.146. The zero-order chi connectivity index (χ0) is 14.6. The zero-order valence-corrected chi connectivity index (χ0v) is 11.8. The molecule has 1 amide bonds. The molecule has 2 N–H and O–H groups in total. The Labute approximate surface area is 115 Å². The molecule has 0 unspecified atom stereocenters. The predicted molar refractivity (Wildman–Crippen MR) is 71.9 cm³/mol. The number of hydrogen-bond acceptors (Lipinski definition) is 3. The molecule has 4 nitrogen and oxygen atoms in total. The summed E-state index contributed by atoms with van der Waals surface area (Å²) < 4.78 is 13.3. The number of hydrogen-bond donors (Lipinski definition) is 2. The molecule has 0 aliphatic rings. The van der Waals surface area contributed by atoms with Gasteiger partial charge in [0, 0.05) is 17.0 Å². The van der Waals surface area contributed by atoms with E-state index in [1.165, 1.54) is 43.8 Å². The molecule has 19 heavy (non-hydrogen) atoms. The fraction of sp³-hybridized carbons (Fsp3) is 0.385. The summed E-state index contributed by atoms with van der Waals surface area (Å²) in [5.74, 6) is -1.78. The van der Waals surface area contributed by atoms with Crippen LogP contribution in [0.2, 0.25) is 0 Å². The zero-order valence-electron chi connectivity index (χ0n) is 11.0. The van der Waals surface area contributed by atoms with Crippen molar-refractivity contribution in [3.63, 3.8) is 0 Å². The molecule has 1 aromatic carbocycles. The fourth-order valence-corrected chi connectivity index (χ4v) is 1.79. The predicted octanol–water partition coefficient (Wildman–Crippen LogP) is 2.39. The lowest BCUT2D eigenvalue weighted by Crippen LogP contribution is -2.38. The van der Waals surface area contributed by atoms with Crippen LogP contribution in [0.1, 0.15) is 24.2 Å². The quantitative estimate of drug-likeness (QED) is 0.815. The monoisotopic (exact) mass is 285 g/mol. The normalized spacial score (nSPS) is 11.2. The summed E-state index contributed by atoms with van der Waals surface area (Å²) in [6.45, 7) is 3.05. The summed E-state index contributed by atoms with van der Waals surface area (Å²) in [4.78, 5) is 23.1. The third kappa shape index (κ3) is 3.96. The Morgan fingerprint density at radius 2 is 2.05 bits per heavy atom. The molecule has 0 fully saturated rings. The van der Waals surface area contributed by atoms with E-state index in [0.717, 1.165) is 0 Å². The second-order valence-corrected chi connectivity index (χ2v) is 5.57. The minimum absolute atomic E-state index is 0.00709. The Bertz CT molecular complexity index is 503. The first-order chi connectivity index (χ1) is 8.77. The SMILES string of the molecule is CSc1cc(C(=O)NCC(C)(C)C(=O)O)ccc1F. The minimum atomic E-state index is -1.04. The molecular formula is C13H16FNO3S. The van der Waals surface area contributed by atoms with Crippen LogP contribution < -0.4 is 5.32 Å². The number of aliphatic carboxylic acids is 1. The molecule has 0 atom stereocenters. The first-order valence-electron chi connectivity index (χ1n) is 5.63. The van der Waals surface area contributed by atoms with Crippen LogP contribution in [0, 0.1) is 11.2 Å². The van der Waals surface area contributed by atoms with Crippen LogP contribution in [-0.2, 0) is 4.79 Å². The Morgan fingerprint density at radius 3 is 2.58 bits per heavy atom. The highest BCUT2D eigenvalue weighted by Gasteiger charge is 2.27. The van der Waals surface area contributed by atoms with Crippen molar-refractivity contribution in [2.75, 3.05) is 12.8 Å². The van der Waals surface area contributed by atoms with Gasteiger partial charge in [-0.15, -0.1) is 11.8 Å². The summed E-state index contributed by atoms with van der Waals surface area (Å²) in [6.07, 6.45) is 1.72. The van der Waals surface area contributed by atoms with Crippen molar-refractivity contribution in [3.8, 4) is 0 Å². The smallest absolute Gasteiger partial charge is 0.310 e. The number of benzene rings is 1. The Balaban J connectivity index is 2.77. The maximum atomic E-state index is 13.3. The number of nitrogens with one attached hydrogen (secondary N) is 1. The summed E-state index contributed by atoms with van der Waals surface area (Å²) >= 11 is 1.21. The topological polar surface area (TPSA) is 66.4 Å². The van der Waals surface area contributed by atoms with E-state index in [9.17, 15) is 14.0 Å². The van der Waals surface area contributed by atoms with Crippen molar-refractivity contribution in [3.05, 3.63) is 29.6 Å². The van der Waals surface area contributed by atoms with Gasteiger partial charge < -0.3 is 10.4 Å². The van der Waals surface area contributed by atoms with Crippen LogP contribution in [-0.4, -0.2) is 29.8 Å². The van der Waals surface area contributed by atoms with Gasteiger partial charge in [0.05, 0.1) is 5.41 Å². The highest BCUT2D eigenvalue weighted by atomic mass is 32.2. The number of amides is 1. The van der Waals surface area contributed by atoms with E-state index < -0.39 is 17.3 Å². The van der Waals surface area contributed by atoms with E-state index in [2.05, 4.69) is 5.32 Å². The van der Waals surface area contributed by atoms with E-state index in [-0.39, 0.29) is 12.4 Å². The van der Waals surface area contributed by atoms with Crippen molar-refractivity contribution in [1.29, 1.82) is 0 Å². The molecule has 0 aliphatic carbocycles. The number of carboxylic acid groups (broad SMARTS) is 1. The molecule has 0 saturated heterocycles. The van der Waals surface area contributed by atoms with Gasteiger partial charge in [-0.2, -0.15) is 0 Å². The highest BCUT2D eigenvalue weighted by Crippen LogP contribution is 2.20. The summed E-state index contributed by atoms with van der Waals surface area (Å²) in [6, 6.07) is 4.05. The molecule has 0 saturated carbocycles. The van der Waals surface area contributed by atoms with E-state index >= 15 is 0 Å². The van der Waals surface area contributed by atoms with Crippen molar-refractivity contribution >= 4 is 23.6 Å². The summed E-state index contributed by atoms with van der Waals surface area (Å²) in [7, 11) is 0. The van der Waals surface area contributed by atoms with Gasteiger partial charge in [-0.3, -0.25) is 9.59 Å². The number of halogens is 1. The van der Waals surface area contributed by atoms with Gasteiger partial charge >= 0.3 is 5.97 Å². The minimum Gasteiger partial charge on any atom is -0.481 e. The lowest BCUT2D eigenvalue weighted by Gasteiger charge is -2.19. The lowest BCUT2D eigenvalue weighted by atomic mass is 9.94. The Kier molecular flexibility index (Phi) is 4.94. The molecule has 0 aromatic heterocycles. The second-order valence-electron chi connectivity index (χ2n) is 4.72. The summed E-state index contributed by atoms with van der Waals surface area (Å²) in [5, 5.41) is 11.5. The van der Waals surface area contributed by atoms with Gasteiger partial charge in [0.2, 0.25) is 0 Å². The number of carboxylic acids is 1. The Hall–Kier alpha value is -1.56. The largest absolute Gasteiger partial charge is 0.481 e. The molecule has 0 aliphatic heterocycles. The molecule has 1 rings (SSSR count). The number of thioether (sulfide) groups is 1. The van der Waals surface area contributed by atoms with Gasteiger partial charge in [-0.25, -0.2) is 4.39 Å². The third-order valence-corrected chi connectivity index (χ3v) is 3.44. The number of carbonyl (C=O) groups is 2. The van der Waals surface area contributed by atoms with E-state index in [1.54, 1.807) is 6.26 Å². The molecular weight excluding hydrogens is 269 g/mol. The van der Waals surface area contributed by atoms with Crippen LogP contribution in [0.15, 0.2) is 23.1 Å². The average molecular weight is 285 g/mol. The standard InChI is InChI=1S/C13H16FNO3S/c1-13(2,12(17)18)7-15-11(16)8-4-5-9(14)10(6-8)19-3/h4-6H,7H2,1-3H3,(H,15,16)(H,17,18). The van der Waals surface area contributed by atoms with Crippen molar-refractivity contribution in [2.45, 2.75) is 18.7 Å². The molecule has 104 valence electrons. The van der Waals surface area contributed by atoms with Crippen molar-refractivity contribution in [1.82, 2.24) is 5.32 Å². The molecule has 0 bridgehead atoms. The van der Waals surface area contributed by atoms with Crippen LogP contribution >= 0.6 is 11.8 Å². The highest BCUT2D eigenvalue weighted by molar-refractivity contribution is 7.98. The molecule has 0 heterocycles. The molecule has 0 spiro atoms. The van der Waals surface area contributed by atoms with Crippen LogP contribution in [0.3, 0.4) is 0 Å². The van der Waals surface area contributed by atoms with E-state index in [1.807, 2.05) is 0 Å². The van der Waals surface area contributed by atoms with Gasteiger partial charge in [0.25, 0.3) is 5.91 Å². The molecule has 6 heteroatoms. The average Bonchev–Trinajstić information content (AvgIpc) is 2.36.